The Balaban J connectivity index is 1.43. The molecule has 30 heavy (non-hydrogen) atoms. The minimum atomic E-state index is -0.339. The van der Waals surface area contributed by atoms with Crippen LogP contribution in [-0.2, 0) is 13.1 Å². The first-order valence-corrected chi connectivity index (χ1v) is 10.8. The van der Waals surface area contributed by atoms with Crippen LogP contribution in [0, 0.1) is 0 Å². The minimum absolute atomic E-state index is 0.339. The molecule has 0 aromatic carbocycles. The van der Waals surface area contributed by atoms with Crippen LogP contribution >= 0.6 is 22.7 Å². The smallest absolute Gasteiger partial charge is 0.324 e. The number of hydrogen-bond donors (Lipinski definition) is 2. The van der Waals surface area contributed by atoms with Crippen molar-refractivity contribution in [3.8, 4) is 0 Å². The molecule has 152 valence electrons. The van der Waals surface area contributed by atoms with Crippen molar-refractivity contribution in [2.24, 2.45) is 0 Å². The van der Waals surface area contributed by atoms with Gasteiger partial charge in [-0.1, -0.05) is 0 Å². The maximum absolute atomic E-state index is 12.6. The highest BCUT2D eigenvalue weighted by Gasteiger charge is 2.13. The van der Waals surface area contributed by atoms with Crippen LogP contribution in [0.2, 0.25) is 0 Å². The fourth-order valence-corrected chi connectivity index (χ4v) is 4.71. The van der Waals surface area contributed by atoms with E-state index in [1.54, 1.807) is 12.1 Å². The summed E-state index contributed by atoms with van der Waals surface area (Å²) in [5, 5.41) is 11.1. The summed E-state index contributed by atoms with van der Waals surface area (Å²) < 4.78 is 3.66. The lowest BCUT2D eigenvalue weighted by molar-refractivity contribution is 0.110. The quantitative estimate of drug-likeness (QED) is 0.388. The van der Waals surface area contributed by atoms with Gasteiger partial charge in [0, 0.05) is 23.5 Å². The van der Waals surface area contributed by atoms with Gasteiger partial charge in [0.1, 0.15) is 10.0 Å². The van der Waals surface area contributed by atoms with Crippen LogP contribution in [0.25, 0.3) is 0 Å². The van der Waals surface area contributed by atoms with E-state index < -0.39 is 0 Å². The molecule has 0 bridgehead atoms. The number of rotatable bonds is 8. The predicted molar refractivity (Wildman–Crippen MR) is 119 cm³/mol. The monoisotopic (exact) mass is 438 g/mol. The third-order valence-corrected chi connectivity index (χ3v) is 6.34. The molecule has 2 amide bonds. The van der Waals surface area contributed by atoms with Gasteiger partial charge >= 0.3 is 6.03 Å². The minimum Gasteiger partial charge on any atom is -0.341 e. The zero-order valence-electron chi connectivity index (χ0n) is 15.8. The number of nitrogens with one attached hydrogen (secondary N) is 2. The molecule has 9 heteroatoms. The number of aldehydes is 2. The first-order chi connectivity index (χ1) is 14.7. The summed E-state index contributed by atoms with van der Waals surface area (Å²) in [6.07, 6.45) is 5.28. The van der Waals surface area contributed by atoms with Crippen LogP contribution in [0.15, 0.2) is 59.6 Å². The Kier molecular flexibility index (Phi) is 5.92. The summed E-state index contributed by atoms with van der Waals surface area (Å²) in [5.41, 5.74) is 3.01. The summed E-state index contributed by atoms with van der Waals surface area (Å²) in [7, 11) is 0. The molecule has 7 nitrogen and oxygen atoms in total. The Morgan fingerprint density at radius 2 is 1.27 bits per heavy atom. The Labute approximate surface area is 180 Å². The summed E-state index contributed by atoms with van der Waals surface area (Å²) in [5.74, 6) is 0. The van der Waals surface area contributed by atoms with Crippen LogP contribution in [0.5, 0.6) is 0 Å². The predicted octanol–water partition coefficient (Wildman–Crippen LogP) is 4.78. The molecule has 0 spiro atoms. The molecule has 4 aromatic rings. The van der Waals surface area contributed by atoms with Crippen molar-refractivity contribution in [3.63, 3.8) is 0 Å². The molecule has 0 atom stereocenters. The number of aromatic nitrogens is 2. The maximum Gasteiger partial charge on any atom is 0.324 e. The van der Waals surface area contributed by atoms with Gasteiger partial charge in [0.15, 0.2) is 12.6 Å². The fourth-order valence-electron chi connectivity index (χ4n) is 3.10. The molecule has 0 radical (unpaired) electrons. The van der Waals surface area contributed by atoms with E-state index in [1.807, 2.05) is 56.6 Å². The van der Waals surface area contributed by atoms with Crippen molar-refractivity contribution in [1.29, 1.82) is 0 Å². The van der Waals surface area contributed by atoms with Crippen molar-refractivity contribution in [3.05, 3.63) is 82.1 Å². The van der Waals surface area contributed by atoms with Crippen LogP contribution in [0.1, 0.15) is 32.1 Å². The van der Waals surface area contributed by atoms with Gasteiger partial charge in [0.05, 0.1) is 24.5 Å². The zero-order chi connectivity index (χ0) is 20.9. The number of amides is 2. The molecule has 4 aromatic heterocycles. The molecular formula is C21H18N4O3S2. The van der Waals surface area contributed by atoms with E-state index in [4.69, 9.17) is 0 Å². The lowest BCUT2D eigenvalue weighted by Gasteiger charge is -2.11. The van der Waals surface area contributed by atoms with E-state index in [1.165, 1.54) is 22.7 Å². The Morgan fingerprint density at radius 3 is 1.70 bits per heavy atom. The average Bonchev–Trinajstić information content (AvgIpc) is 3.52. The SMILES string of the molecule is O=Cc1cccn1Cc1ccsc1NC(=O)Nc1sccc1Cn1cccc1C=O. The number of anilines is 2. The second kappa shape index (κ2) is 8.93. The van der Waals surface area contributed by atoms with Crippen LogP contribution < -0.4 is 10.6 Å². The molecule has 2 N–H and O–H groups in total. The summed E-state index contributed by atoms with van der Waals surface area (Å²) in [6, 6.07) is 10.6. The highest BCUT2D eigenvalue weighted by molar-refractivity contribution is 7.15. The first kappa shape index (κ1) is 19.9. The van der Waals surface area contributed by atoms with Crippen LogP contribution in [0.3, 0.4) is 0 Å². The number of carbonyl (C=O) groups excluding carboxylic acids is 3. The molecule has 0 fully saturated rings. The number of thiophene rings is 2. The first-order valence-electron chi connectivity index (χ1n) is 9.09. The van der Waals surface area contributed by atoms with E-state index >= 15 is 0 Å². The third kappa shape index (κ3) is 4.27. The van der Waals surface area contributed by atoms with Crippen molar-refractivity contribution >= 4 is 51.3 Å². The fraction of sp³-hybridized carbons (Fsp3) is 0.0952. The summed E-state index contributed by atoms with van der Waals surface area (Å²) >= 11 is 2.85. The standard InChI is InChI=1S/C21H18N4O3S2/c26-13-17-3-1-7-24(17)11-15-5-9-29-19(15)22-21(28)23-20-16(6-10-30-20)12-25-8-2-4-18(25)14-27/h1-10,13-14H,11-12H2,(H2,22,23,28). The molecule has 0 aliphatic rings. The van der Waals surface area contributed by atoms with E-state index in [0.717, 1.165) is 33.7 Å². The summed E-state index contributed by atoms with van der Waals surface area (Å²) in [4.78, 5) is 34.8. The normalized spacial score (nSPS) is 10.7. The largest absolute Gasteiger partial charge is 0.341 e. The lowest BCUT2D eigenvalue weighted by atomic mass is 10.3. The van der Waals surface area contributed by atoms with Gasteiger partial charge in [-0.15, -0.1) is 22.7 Å². The Morgan fingerprint density at radius 1 is 0.800 bits per heavy atom. The molecule has 4 heterocycles. The zero-order valence-corrected chi connectivity index (χ0v) is 17.4. The maximum atomic E-state index is 12.6. The van der Waals surface area contributed by atoms with E-state index in [0.29, 0.717) is 24.5 Å². The third-order valence-electron chi connectivity index (χ3n) is 4.60. The Bertz CT molecular complexity index is 1090. The number of urea groups is 1. The molecule has 0 unspecified atom stereocenters. The van der Waals surface area contributed by atoms with Gasteiger partial charge in [-0.3, -0.25) is 20.2 Å². The molecule has 0 saturated carbocycles. The molecular weight excluding hydrogens is 420 g/mol. The molecule has 4 rings (SSSR count). The van der Waals surface area contributed by atoms with E-state index in [9.17, 15) is 14.4 Å². The Hall–Kier alpha value is -3.43. The van der Waals surface area contributed by atoms with Gasteiger partial charge in [-0.2, -0.15) is 0 Å². The second-order valence-electron chi connectivity index (χ2n) is 6.49. The molecule has 0 saturated heterocycles. The van der Waals surface area contributed by atoms with Crippen molar-refractivity contribution in [2.75, 3.05) is 10.6 Å². The van der Waals surface area contributed by atoms with Crippen molar-refractivity contribution in [2.45, 2.75) is 13.1 Å². The second-order valence-corrected chi connectivity index (χ2v) is 8.32. The number of nitrogens with zero attached hydrogens (tertiary/aromatic N) is 2. The van der Waals surface area contributed by atoms with Gasteiger partial charge in [-0.25, -0.2) is 4.79 Å². The van der Waals surface area contributed by atoms with Gasteiger partial charge in [-0.05, 0) is 47.2 Å². The lowest BCUT2D eigenvalue weighted by Crippen LogP contribution is -2.20. The number of carbonyl (C=O) groups is 3. The van der Waals surface area contributed by atoms with Crippen LogP contribution in [0.4, 0.5) is 14.8 Å². The number of hydrogen-bond acceptors (Lipinski definition) is 5. The van der Waals surface area contributed by atoms with E-state index in [-0.39, 0.29) is 6.03 Å². The van der Waals surface area contributed by atoms with E-state index in [2.05, 4.69) is 10.6 Å². The highest BCUT2D eigenvalue weighted by Crippen LogP contribution is 2.27. The average molecular weight is 439 g/mol. The van der Waals surface area contributed by atoms with Crippen molar-refractivity contribution < 1.29 is 14.4 Å². The molecule has 0 aliphatic carbocycles. The van der Waals surface area contributed by atoms with Crippen molar-refractivity contribution in [1.82, 2.24) is 9.13 Å². The van der Waals surface area contributed by atoms with Gasteiger partial charge in [0.25, 0.3) is 0 Å². The van der Waals surface area contributed by atoms with Gasteiger partial charge < -0.3 is 9.13 Å². The highest BCUT2D eigenvalue weighted by atomic mass is 32.1. The summed E-state index contributed by atoms with van der Waals surface area (Å²) in [6.45, 7) is 0.985. The van der Waals surface area contributed by atoms with Crippen LogP contribution in [-0.4, -0.2) is 27.7 Å². The van der Waals surface area contributed by atoms with Gasteiger partial charge in [0.2, 0.25) is 0 Å². The topological polar surface area (TPSA) is 85.1 Å². The molecule has 0 aliphatic heterocycles.